The van der Waals surface area contributed by atoms with Crippen LogP contribution in [0.2, 0.25) is 0 Å². The van der Waals surface area contributed by atoms with Gasteiger partial charge in [0, 0.05) is 27.3 Å². The van der Waals surface area contributed by atoms with E-state index in [-0.39, 0.29) is 0 Å². The lowest BCUT2D eigenvalue weighted by Gasteiger charge is -2.41. The van der Waals surface area contributed by atoms with Gasteiger partial charge in [0.25, 0.3) is 0 Å². The maximum atomic E-state index is 6.02. The molecule has 1 saturated carbocycles. The van der Waals surface area contributed by atoms with Gasteiger partial charge in [-0.25, -0.2) is 0 Å². The smallest absolute Gasteiger partial charge is 0.0564 e. The molecule has 0 bridgehead atoms. The van der Waals surface area contributed by atoms with Gasteiger partial charge in [-0.05, 0) is 60.1 Å². The number of hydrogen-bond donors (Lipinski definition) is 1. The van der Waals surface area contributed by atoms with Gasteiger partial charge in [0.2, 0.25) is 0 Å². The molecule has 0 saturated heterocycles. The van der Waals surface area contributed by atoms with Gasteiger partial charge >= 0.3 is 0 Å². The Hall–Kier alpha value is 0.1000. The predicted octanol–water partition coefficient (Wildman–Crippen LogP) is 4.41. The van der Waals surface area contributed by atoms with Crippen molar-refractivity contribution in [3.05, 3.63) is 20.8 Å². The zero-order valence-corrected chi connectivity index (χ0v) is 14.6. The average Bonchev–Trinajstić information content (AvgIpc) is 2.76. The fraction of sp³-hybridized carbons (Fsp3) is 0.733. The van der Waals surface area contributed by atoms with Crippen LogP contribution in [-0.4, -0.2) is 24.5 Å². The molecule has 19 heavy (non-hydrogen) atoms. The van der Waals surface area contributed by atoms with Crippen molar-refractivity contribution in [1.29, 1.82) is 0 Å². The number of likely N-dealkylation sites (N-methyl/N-ethyl adjacent to an activating group) is 1. The highest BCUT2D eigenvalue weighted by Gasteiger charge is 2.31. The van der Waals surface area contributed by atoms with Crippen LogP contribution >= 0.6 is 27.3 Å². The third-order valence-corrected chi connectivity index (χ3v) is 6.31. The van der Waals surface area contributed by atoms with Crippen molar-refractivity contribution in [1.82, 2.24) is 4.90 Å². The Kier molecular flexibility index (Phi) is 5.09. The molecule has 1 unspecified atom stereocenters. The molecule has 0 aliphatic heterocycles. The van der Waals surface area contributed by atoms with E-state index in [1.54, 1.807) is 11.3 Å². The van der Waals surface area contributed by atoms with Crippen LogP contribution in [0.1, 0.15) is 50.4 Å². The van der Waals surface area contributed by atoms with Crippen LogP contribution in [0.15, 0.2) is 15.9 Å². The van der Waals surface area contributed by atoms with Crippen molar-refractivity contribution in [3.8, 4) is 0 Å². The molecule has 0 radical (unpaired) electrons. The summed E-state index contributed by atoms with van der Waals surface area (Å²) in [6, 6.07) is 3.26. The van der Waals surface area contributed by atoms with Gasteiger partial charge in [-0.2, -0.15) is 0 Å². The lowest BCUT2D eigenvalue weighted by molar-refractivity contribution is 0.0978. The molecule has 2 N–H and O–H groups in total. The third kappa shape index (κ3) is 3.81. The molecule has 0 spiro atoms. The van der Waals surface area contributed by atoms with E-state index in [4.69, 9.17) is 5.73 Å². The molecule has 1 fully saturated rings. The Bertz CT molecular complexity index is 406. The highest BCUT2D eigenvalue weighted by molar-refractivity contribution is 9.10. The van der Waals surface area contributed by atoms with Gasteiger partial charge in [-0.15, -0.1) is 11.3 Å². The minimum absolute atomic E-state index is 0.363. The minimum Gasteiger partial charge on any atom is -0.329 e. The maximum Gasteiger partial charge on any atom is 0.0564 e. The second-order valence-corrected chi connectivity index (χ2v) is 8.34. The van der Waals surface area contributed by atoms with Crippen molar-refractivity contribution >= 4 is 27.3 Å². The molecule has 1 aromatic rings. The Labute approximate surface area is 129 Å². The molecule has 0 amide bonds. The Morgan fingerprint density at radius 2 is 2.11 bits per heavy atom. The fourth-order valence-electron chi connectivity index (χ4n) is 3.03. The van der Waals surface area contributed by atoms with Crippen LogP contribution in [0.25, 0.3) is 0 Å². The summed E-state index contributed by atoms with van der Waals surface area (Å²) in [5.74, 6) is 0. The quantitative estimate of drug-likeness (QED) is 0.876. The van der Waals surface area contributed by atoms with Gasteiger partial charge in [0.15, 0.2) is 0 Å². The van der Waals surface area contributed by atoms with Crippen molar-refractivity contribution in [2.24, 2.45) is 11.1 Å². The highest BCUT2D eigenvalue weighted by atomic mass is 79.9. The van der Waals surface area contributed by atoms with E-state index in [0.29, 0.717) is 24.0 Å². The van der Waals surface area contributed by atoms with Gasteiger partial charge in [0.1, 0.15) is 0 Å². The van der Waals surface area contributed by atoms with Gasteiger partial charge in [-0.1, -0.05) is 13.8 Å². The Morgan fingerprint density at radius 1 is 1.47 bits per heavy atom. The summed E-state index contributed by atoms with van der Waals surface area (Å²) >= 11 is 5.35. The standard InChI is InChI=1S/C15H25BrN2S/c1-15(2)6-4-12(5-7-15)18(3)13(9-17)14-8-11(16)10-19-14/h8,10,12-13H,4-7,9,17H2,1-3H3. The lowest BCUT2D eigenvalue weighted by atomic mass is 9.75. The lowest BCUT2D eigenvalue weighted by Crippen LogP contribution is -2.41. The molecule has 108 valence electrons. The molecule has 2 nitrogen and oxygen atoms in total. The second kappa shape index (κ2) is 6.25. The largest absolute Gasteiger partial charge is 0.329 e. The van der Waals surface area contributed by atoms with Crippen LogP contribution < -0.4 is 5.73 Å². The van der Waals surface area contributed by atoms with E-state index in [1.165, 1.54) is 35.0 Å². The average molecular weight is 345 g/mol. The topological polar surface area (TPSA) is 29.3 Å². The van der Waals surface area contributed by atoms with Crippen molar-refractivity contribution < 1.29 is 0 Å². The summed E-state index contributed by atoms with van der Waals surface area (Å²) in [5.41, 5.74) is 6.55. The second-order valence-electron chi connectivity index (χ2n) is 6.48. The number of hydrogen-bond acceptors (Lipinski definition) is 3. The van der Waals surface area contributed by atoms with Crippen molar-refractivity contribution in [2.45, 2.75) is 51.6 Å². The summed E-state index contributed by atoms with van der Waals surface area (Å²) in [6.45, 7) is 5.48. The summed E-state index contributed by atoms with van der Waals surface area (Å²) in [7, 11) is 2.24. The summed E-state index contributed by atoms with van der Waals surface area (Å²) < 4.78 is 1.17. The molecular formula is C15H25BrN2S. The monoisotopic (exact) mass is 344 g/mol. The summed E-state index contributed by atoms with van der Waals surface area (Å²) in [5, 5.41) is 2.15. The molecule has 1 atom stereocenters. The molecule has 1 heterocycles. The fourth-order valence-corrected chi connectivity index (χ4v) is 4.64. The molecule has 1 aliphatic carbocycles. The third-order valence-electron chi connectivity index (χ3n) is 4.52. The van der Waals surface area contributed by atoms with Gasteiger partial charge < -0.3 is 5.73 Å². The maximum absolute atomic E-state index is 6.02. The van der Waals surface area contributed by atoms with Gasteiger partial charge in [0.05, 0.1) is 6.04 Å². The first kappa shape index (κ1) is 15.5. The van der Waals surface area contributed by atoms with E-state index in [2.05, 4.69) is 53.2 Å². The number of rotatable bonds is 4. The number of halogens is 1. The SMILES string of the molecule is CN(C1CCC(C)(C)CC1)C(CN)c1cc(Br)cs1. The molecule has 2 rings (SSSR count). The van der Waals surface area contributed by atoms with E-state index in [1.807, 2.05) is 0 Å². The van der Waals surface area contributed by atoms with Crippen molar-refractivity contribution in [3.63, 3.8) is 0 Å². The molecule has 0 aromatic carbocycles. The predicted molar refractivity (Wildman–Crippen MR) is 87.6 cm³/mol. The molecule has 1 aromatic heterocycles. The number of nitrogens with zero attached hydrogens (tertiary/aromatic N) is 1. The molecular weight excluding hydrogens is 320 g/mol. The van der Waals surface area contributed by atoms with E-state index in [0.717, 1.165) is 0 Å². The molecule has 4 heteroatoms. The summed E-state index contributed by atoms with van der Waals surface area (Å²) in [4.78, 5) is 3.88. The zero-order chi connectivity index (χ0) is 14.0. The minimum atomic E-state index is 0.363. The first-order valence-corrected chi connectivity index (χ1v) is 8.76. The van der Waals surface area contributed by atoms with Crippen molar-refractivity contribution in [2.75, 3.05) is 13.6 Å². The first-order chi connectivity index (χ1) is 8.93. The molecule has 1 aliphatic rings. The number of thiophene rings is 1. The van der Waals surface area contributed by atoms with Crippen LogP contribution in [0, 0.1) is 5.41 Å². The number of nitrogens with two attached hydrogens (primary N) is 1. The van der Waals surface area contributed by atoms with E-state index >= 15 is 0 Å². The van der Waals surface area contributed by atoms with Crippen LogP contribution in [-0.2, 0) is 0 Å². The zero-order valence-electron chi connectivity index (χ0n) is 12.2. The highest BCUT2D eigenvalue weighted by Crippen LogP contribution is 2.39. The van der Waals surface area contributed by atoms with Crippen LogP contribution in [0.4, 0.5) is 0 Å². The van der Waals surface area contributed by atoms with Crippen LogP contribution in [0.5, 0.6) is 0 Å². The normalized spacial score (nSPS) is 21.8. The first-order valence-electron chi connectivity index (χ1n) is 7.09. The van der Waals surface area contributed by atoms with Gasteiger partial charge in [-0.3, -0.25) is 4.90 Å². The summed E-state index contributed by atoms with van der Waals surface area (Å²) in [6.07, 6.45) is 5.25. The van der Waals surface area contributed by atoms with Crippen LogP contribution in [0.3, 0.4) is 0 Å². The Morgan fingerprint density at radius 3 is 2.58 bits per heavy atom. The van der Waals surface area contributed by atoms with E-state index in [9.17, 15) is 0 Å². The Balaban J connectivity index is 2.03. The van der Waals surface area contributed by atoms with E-state index < -0.39 is 0 Å².